The molecule has 0 aliphatic rings. The number of aliphatic hydroxyl groups is 1. The molecule has 1 aromatic carbocycles. The van der Waals surface area contributed by atoms with E-state index in [0.717, 1.165) is 5.69 Å². The van der Waals surface area contributed by atoms with Crippen molar-refractivity contribution >= 4 is 12.2 Å². The van der Waals surface area contributed by atoms with Crippen molar-refractivity contribution in [2.75, 3.05) is 13.2 Å². The van der Waals surface area contributed by atoms with Crippen LogP contribution in [0.25, 0.3) is 5.69 Å². The highest BCUT2D eigenvalue weighted by molar-refractivity contribution is 7.71. The van der Waals surface area contributed by atoms with E-state index in [1.807, 2.05) is 30.3 Å². The van der Waals surface area contributed by atoms with Crippen molar-refractivity contribution in [3.05, 3.63) is 57.2 Å². The van der Waals surface area contributed by atoms with Gasteiger partial charge in [0, 0.05) is 18.9 Å². The molecule has 0 unspecified atom stereocenters. The molecule has 0 saturated heterocycles. The molecule has 6 heteroatoms. The van der Waals surface area contributed by atoms with Crippen LogP contribution < -0.4 is 5.56 Å². The maximum absolute atomic E-state index is 12.1. The van der Waals surface area contributed by atoms with E-state index >= 15 is 0 Å². The number of aromatic nitrogens is 2. The summed E-state index contributed by atoms with van der Waals surface area (Å²) in [5.41, 5.74) is 1.20. The zero-order valence-electron chi connectivity index (χ0n) is 11.2. The molecule has 0 fully saturated rings. The van der Waals surface area contributed by atoms with Gasteiger partial charge in [0.15, 0.2) is 4.77 Å². The Balaban J connectivity index is 2.48. The van der Waals surface area contributed by atoms with E-state index in [4.69, 9.17) is 22.1 Å². The summed E-state index contributed by atoms with van der Waals surface area (Å²) in [5.74, 6) is 0. The lowest BCUT2D eigenvalue weighted by atomic mass is 10.3. The summed E-state index contributed by atoms with van der Waals surface area (Å²) >= 11 is 5.30. The Labute approximate surface area is 121 Å². The van der Waals surface area contributed by atoms with Crippen LogP contribution in [0.2, 0.25) is 0 Å². The zero-order valence-corrected chi connectivity index (χ0v) is 12.0. The van der Waals surface area contributed by atoms with Crippen molar-refractivity contribution < 1.29 is 9.84 Å². The summed E-state index contributed by atoms with van der Waals surface area (Å²) in [6, 6.07) is 9.56. The number of ether oxygens (including phenoxy) is 1. The van der Waals surface area contributed by atoms with Crippen LogP contribution in [0.4, 0.5) is 0 Å². The molecule has 1 N–H and O–H groups in total. The summed E-state index contributed by atoms with van der Waals surface area (Å²) in [5, 5.41) is 8.71. The largest absolute Gasteiger partial charge is 0.394 e. The maximum Gasteiger partial charge on any atom is 0.259 e. The van der Waals surface area contributed by atoms with Gasteiger partial charge in [0.25, 0.3) is 5.56 Å². The number of para-hydroxylation sites is 1. The fourth-order valence-electron chi connectivity index (χ4n) is 1.85. The van der Waals surface area contributed by atoms with Gasteiger partial charge < -0.3 is 9.84 Å². The minimum absolute atomic E-state index is 0.0713. The third-order valence-corrected chi connectivity index (χ3v) is 3.36. The van der Waals surface area contributed by atoms with Crippen LogP contribution in [0.3, 0.4) is 0 Å². The third-order valence-electron chi connectivity index (χ3n) is 2.88. The monoisotopic (exact) mass is 292 g/mol. The second-order valence-electron chi connectivity index (χ2n) is 4.28. The second kappa shape index (κ2) is 6.60. The Kier molecular flexibility index (Phi) is 4.84. The smallest absolute Gasteiger partial charge is 0.259 e. The van der Waals surface area contributed by atoms with Gasteiger partial charge in [-0.25, -0.2) is 0 Å². The van der Waals surface area contributed by atoms with Gasteiger partial charge in [-0.15, -0.1) is 0 Å². The summed E-state index contributed by atoms with van der Waals surface area (Å²) in [6.07, 6.45) is 1.69. The minimum atomic E-state index is -0.180. The van der Waals surface area contributed by atoms with Gasteiger partial charge in [0.05, 0.1) is 25.4 Å². The maximum atomic E-state index is 12.1. The Morgan fingerprint density at radius 1 is 1.30 bits per heavy atom. The molecule has 1 aromatic heterocycles. The van der Waals surface area contributed by atoms with Crippen molar-refractivity contribution in [3.8, 4) is 5.69 Å². The molecule has 0 amide bonds. The van der Waals surface area contributed by atoms with E-state index in [-0.39, 0.29) is 25.4 Å². The van der Waals surface area contributed by atoms with Gasteiger partial charge in [-0.05, 0) is 24.4 Å². The second-order valence-corrected chi connectivity index (χ2v) is 4.65. The molecule has 1 heterocycles. The SMILES string of the molecule is Cn1c(=O)c(COCCO)cn(-c2ccccc2)c1=S. The fraction of sp³-hybridized carbons (Fsp3) is 0.286. The predicted molar refractivity (Wildman–Crippen MR) is 78.6 cm³/mol. The molecule has 0 saturated carbocycles. The van der Waals surface area contributed by atoms with Crippen LogP contribution in [-0.2, 0) is 18.4 Å². The Morgan fingerprint density at radius 2 is 2.00 bits per heavy atom. The minimum Gasteiger partial charge on any atom is -0.394 e. The number of rotatable bonds is 5. The molecule has 0 atom stereocenters. The normalized spacial score (nSPS) is 10.7. The highest BCUT2D eigenvalue weighted by Gasteiger charge is 2.08. The fourth-order valence-corrected chi connectivity index (χ4v) is 2.09. The molecule has 20 heavy (non-hydrogen) atoms. The lowest BCUT2D eigenvalue weighted by Crippen LogP contribution is -2.26. The van der Waals surface area contributed by atoms with Crippen molar-refractivity contribution in [2.24, 2.45) is 7.05 Å². The third kappa shape index (κ3) is 3.04. The first-order valence-corrected chi connectivity index (χ1v) is 6.61. The van der Waals surface area contributed by atoms with Gasteiger partial charge >= 0.3 is 0 Å². The number of nitrogens with zero attached hydrogens (tertiary/aromatic N) is 2. The van der Waals surface area contributed by atoms with Gasteiger partial charge in [-0.1, -0.05) is 18.2 Å². The van der Waals surface area contributed by atoms with Gasteiger partial charge in [0.2, 0.25) is 0 Å². The molecule has 0 aliphatic heterocycles. The average Bonchev–Trinajstić information content (AvgIpc) is 2.48. The summed E-state index contributed by atoms with van der Waals surface area (Å²) in [7, 11) is 1.64. The van der Waals surface area contributed by atoms with Crippen LogP contribution in [0.1, 0.15) is 5.56 Å². The average molecular weight is 292 g/mol. The molecule has 2 rings (SSSR count). The molecule has 2 aromatic rings. The number of aliphatic hydroxyl groups excluding tert-OH is 1. The molecule has 106 valence electrons. The molecular formula is C14H16N2O3S. The van der Waals surface area contributed by atoms with E-state index < -0.39 is 0 Å². The first kappa shape index (κ1) is 14.6. The van der Waals surface area contributed by atoms with Crippen LogP contribution >= 0.6 is 12.2 Å². The van der Waals surface area contributed by atoms with Crippen LogP contribution in [0.15, 0.2) is 41.3 Å². The van der Waals surface area contributed by atoms with E-state index in [2.05, 4.69) is 0 Å². The quantitative estimate of drug-likeness (QED) is 0.669. The van der Waals surface area contributed by atoms with E-state index in [1.165, 1.54) is 4.57 Å². The molecular weight excluding hydrogens is 276 g/mol. The van der Waals surface area contributed by atoms with E-state index in [0.29, 0.717) is 10.3 Å². The summed E-state index contributed by atoms with van der Waals surface area (Å²) in [4.78, 5) is 12.1. The van der Waals surface area contributed by atoms with Crippen molar-refractivity contribution in [1.82, 2.24) is 9.13 Å². The van der Waals surface area contributed by atoms with Gasteiger partial charge in [-0.3, -0.25) is 13.9 Å². The predicted octanol–water partition coefficient (Wildman–Crippen LogP) is 1.41. The molecule has 0 spiro atoms. The molecule has 0 aliphatic carbocycles. The Hall–Kier alpha value is -1.76. The number of hydrogen-bond acceptors (Lipinski definition) is 4. The van der Waals surface area contributed by atoms with Crippen LogP contribution in [0, 0.1) is 4.77 Å². The number of hydrogen-bond donors (Lipinski definition) is 1. The highest BCUT2D eigenvalue weighted by atomic mass is 32.1. The van der Waals surface area contributed by atoms with Crippen molar-refractivity contribution in [2.45, 2.75) is 6.61 Å². The summed E-state index contributed by atoms with van der Waals surface area (Å²) in [6.45, 7) is 0.276. The van der Waals surface area contributed by atoms with Gasteiger partial charge in [-0.2, -0.15) is 0 Å². The molecule has 5 nitrogen and oxygen atoms in total. The Bertz CT molecular complexity index is 692. The van der Waals surface area contributed by atoms with E-state index in [9.17, 15) is 4.79 Å². The zero-order chi connectivity index (χ0) is 14.5. The lowest BCUT2D eigenvalue weighted by Gasteiger charge is -2.12. The first-order chi connectivity index (χ1) is 9.65. The number of benzene rings is 1. The molecule has 0 bridgehead atoms. The highest BCUT2D eigenvalue weighted by Crippen LogP contribution is 2.08. The van der Waals surface area contributed by atoms with Gasteiger partial charge in [0.1, 0.15) is 0 Å². The van der Waals surface area contributed by atoms with Crippen molar-refractivity contribution in [3.63, 3.8) is 0 Å². The van der Waals surface area contributed by atoms with E-state index in [1.54, 1.807) is 17.8 Å². The van der Waals surface area contributed by atoms with Crippen molar-refractivity contribution in [1.29, 1.82) is 0 Å². The van der Waals surface area contributed by atoms with Crippen LogP contribution in [0.5, 0.6) is 0 Å². The standard InChI is InChI=1S/C14H16N2O3S/c1-15-13(18)11(10-19-8-7-17)9-16(14(15)20)12-5-3-2-4-6-12/h2-6,9,17H,7-8,10H2,1H3. The topological polar surface area (TPSA) is 56.4 Å². The lowest BCUT2D eigenvalue weighted by molar-refractivity contribution is 0.0804. The summed E-state index contributed by atoms with van der Waals surface area (Å²) < 4.78 is 8.84. The molecule has 0 radical (unpaired) electrons. The first-order valence-electron chi connectivity index (χ1n) is 6.20. The van der Waals surface area contributed by atoms with Crippen LogP contribution in [-0.4, -0.2) is 27.5 Å². The Morgan fingerprint density at radius 3 is 2.65 bits per heavy atom.